The van der Waals surface area contributed by atoms with Gasteiger partial charge in [-0.05, 0) is 42.5 Å². The zero-order valence-corrected chi connectivity index (χ0v) is 14.3. The van der Waals surface area contributed by atoms with E-state index in [1.807, 2.05) is 18.2 Å². The minimum Gasteiger partial charge on any atom is -0.376 e. The van der Waals surface area contributed by atoms with Crippen LogP contribution in [0.25, 0.3) is 0 Å². The van der Waals surface area contributed by atoms with Crippen molar-refractivity contribution in [2.24, 2.45) is 0 Å². The van der Waals surface area contributed by atoms with Crippen LogP contribution >= 0.6 is 0 Å². The third-order valence-electron chi connectivity index (χ3n) is 4.81. The van der Waals surface area contributed by atoms with Crippen LogP contribution in [0.2, 0.25) is 0 Å². The lowest BCUT2D eigenvalue weighted by Crippen LogP contribution is -2.35. The lowest BCUT2D eigenvalue weighted by Gasteiger charge is -2.17. The van der Waals surface area contributed by atoms with Gasteiger partial charge in [0, 0.05) is 17.6 Å². The Morgan fingerprint density at radius 1 is 1.04 bits per heavy atom. The zero-order valence-electron chi connectivity index (χ0n) is 14.3. The second-order valence-electron chi connectivity index (χ2n) is 6.72. The summed E-state index contributed by atoms with van der Waals surface area (Å²) in [6.07, 6.45) is 4.56. The van der Waals surface area contributed by atoms with Crippen LogP contribution in [0, 0.1) is 0 Å². The Morgan fingerprint density at radius 3 is 2.38 bits per heavy atom. The van der Waals surface area contributed by atoms with Crippen molar-refractivity contribution in [3.05, 3.63) is 65.7 Å². The Hall–Kier alpha value is -2.29. The van der Waals surface area contributed by atoms with E-state index in [0.717, 1.165) is 37.9 Å². The van der Waals surface area contributed by atoms with Gasteiger partial charge >= 0.3 is 0 Å². The van der Waals surface area contributed by atoms with Crippen molar-refractivity contribution in [3.63, 3.8) is 0 Å². The highest BCUT2D eigenvalue weighted by Crippen LogP contribution is 2.47. The Labute approximate surface area is 144 Å². The number of anilines is 1. The molecule has 0 aromatic heterocycles. The van der Waals surface area contributed by atoms with E-state index < -0.39 is 0 Å². The third-order valence-corrected chi connectivity index (χ3v) is 4.81. The molecular formula is C21H26N2O. The predicted molar refractivity (Wildman–Crippen MR) is 99.3 cm³/mol. The van der Waals surface area contributed by atoms with E-state index >= 15 is 0 Å². The van der Waals surface area contributed by atoms with Crippen molar-refractivity contribution in [1.82, 2.24) is 5.32 Å². The molecule has 1 amide bonds. The van der Waals surface area contributed by atoms with Gasteiger partial charge in [-0.15, -0.1) is 0 Å². The number of benzene rings is 2. The summed E-state index contributed by atoms with van der Waals surface area (Å²) in [5.41, 5.74) is 3.84. The van der Waals surface area contributed by atoms with Crippen molar-refractivity contribution in [2.75, 3.05) is 18.4 Å². The Bertz CT molecular complexity index is 660. The molecule has 0 radical (unpaired) electrons. The molecule has 126 valence electrons. The van der Waals surface area contributed by atoms with Gasteiger partial charge in [0.1, 0.15) is 0 Å². The lowest BCUT2D eigenvalue weighted by molar-refractivity contribution is -0.119. The summed E-state index contributed by atoms with van der Waals surface area (Å²) in [5, 5.41) is 6.28. The Morgan fingerprint density at radius 2 is 1.75 bits per heavy atom. The second kappa shape index (κ2) is 7.52. The summed E-state index contributed by atoms with van der Waals surface area (Å²) < 4.78 is 0. The molecule has 1 fully saturated rings. The summed E-state index contributed by atoms with van der Waals surface area (Å²) in [6, 6.07) is 18.8. The van der Waals surface area contributed by atoms with Gasteiger partial charge in [0.25, 0.3) is 0 Å². The molecule has 3 rings (SSSR count). The van der Waals surface area contributed by atoms with Gasteiger partial charge in [0.2, 0.25) is 5.91 Å². The zero-order chi connectivity index (χ0) is 16.8. The quantitative estimate of drug-likeness (QED) is 0.774. The van der Waals surface area contributed by atoms with Gasteiger partial charge in [-0.3, -0.25) is 4.79 Å². The first-order chi connectivity index (χ1) is 11.7. The molecule has 0 aliphatic heterocycles. The number of hydrogen-bond donors (Lipinski definition) is 2. The topological polar surface area (TPSA) is 41.1 Å². The summed E-state index contributed by atoms with van der Waals surface area (Å²) in [6.45, 7) is 3.23. The molecule has 2 aromatic rings. The molecule has 0 saturated heterocycles. The molecule has 0 atom stereocenters. The van der Waals surface area contributed by atoms with E-state index in [-0.39, 0.29) is 11.3 Å². The van der Waals surface area contributed by atoms with E-state index in [9.17, 15) is 4.79 Å². The fourth-order valence-corrected chi connectivity index (χ4v) is 3.10. The molecule has 1 aliphatic rings. The Balaban J connectivity index is 1.45. The van der Waals surface area contributed by atoms with Crippen molar-refractivity contribution in [3.8, 4) is 0 Å². The van der Waals surface area contributed by atoms with E-state index in [2.05, 4.69) is 54.0 Å². The summed E-state index contributed by atoms with van der Waals surface area (Å²) in [4.78, 5) is 12.1. The maximum absolute atomic E-state index is 12.1. The molecule has 1 aliphatic carbocycles. The first-order valence-electron chi connectivity index (χ1n) is 8.87. The maximum Gasteiger partial charge on any atom is 0.239 e. The molecule has 3 heteroatoms. The highest BCUT2D eigenvalue weighted by atomic mass is 16.1. The average Bonchev–Trinajstić information content (AvgIpc) is 3.42. The van der Waals surface area contributed by atoms with Crippen LogP contribution in [-0.4, -0.2) is 19.0 Å². The average molecular weight is 322 g/mol. The first kappa shape index (κ1) is 16.6. The summed E-state index contributed by atoms with van der Waals surface area (Å²) in [7, 11) is 0. The maximum atomic E-state index is 12.1. The van der Waals surface area contributed by atoms with Gasteiger partial charge in [0.15, 0.2) is 0 Å². The highest BCUT2D eigenvalue weighted by molar-refractivity contribution is 5.80. The van der Waals surface area contributed by atoms with Crippen LogP contribution < -0.4 is 10.6 Å². The number of carbonyl (C=O) groups excluding carboxylic acids is 1. The molecule has 0 spiro atoms. The predicted octanol–water partition coefficient (Wildman–Crippen LogP) is 3.90. The summed E-state index contributed by atoms with van der Waals surface area (Å²) >= 11 is 0. The fraction of sp³-hybridized carbons (Fsp3) is 0.381. The minimum absolute atomic E-state index is 0.0508. The molecule has 0 heterocycles. The van der Waals surface area contributed by atoms with Gasteiger partial charge < -0.3 is 10.6 Å². The SMILES string of the molecule is CCCc1ccc(NCC(=O)NCC2(c3ccccc3)CC2)cc1. The first-order valence-corrected chi connectivity index (χ1v) is 8.87. The van der Waals surface area contributed by atoms with Gasteiger partial charge in [0.05, 0.1) is 6.54 Å². The van der Waals surface area contributed by atoms with Crippen LogP contribution in [0.5, 0.6) is 0 Å². The molecular weight excluding hydrogens is 296 g/mol. The Kier molecular flexibility index (Phi) is 5.19. The number of nitrogens with one attached hydrogen (secondary N) is 2. The normalized spacial score (nSPS) is 14.9. The molecule has 0 bridgehead atoms. The molecule has 24 heavy (non-hydrogen) atoms. The van der Waals surface area contributed by atoms with Crippen LogP contribution in [-0.2, 0) is 16.6 Å². The fourth-order valence-electron chi connectivity index (χ4n) is 3.10. The van der Waals surface area contributed by atoms with Gasteiger partial charge in [-0.2, -0.15) is 0 Å². The number of amides is 1. The third kappa shape index (κ3) is 4.16. The number of carbonyl (C=O) groups is 1. The molecule has 3 nitrogen and oxygen atoms in total. The minimum atomic E-state index is 0.0508. The van der Waals surface area contributed by atoms with Crippen molar-refractivity contribution in [2.45, 2.75) is 38.0 Å². The van der Waals surface area contributed by atoms with E-state index in [1.165, 1.54) is 11.1 Å². The monoisotopic (exact) mass is 322 g/mol. The van der Waals surface area contributed by atoms with Crippen LogP contribution in [0.3, 0.4) is 0 Å². The molecule has 2 N–H and O–H groups in total. The molecule has 0 unspecified atom stereocenters. The second-order valence-corrected chi connectivity index (χ2v) is 6.72. The number of hydrogen-bond acceptors (Lipinski definition) is 2. The number of aryl methyl sites for hydroxylation is 1. The summed E-state index contributed by atoms with van der Waals surface area (Å²) in [5.74, 6) is 0.0508. The van der Waals surface area contributed by atoms with Crippen molar-refractivity contribution >= 4 is 11.6 Å². The lowest BCUT2D eigenvalue weighted by atomic mass is 9.96. The van der Waals surface area contributed by atoms with Crippen molar-refractivity contribution in [1.29, 1.82) is 0 Å². The standard InChI is InChI=1S/C21H26N2O/c1-2-6-17-9-11-19(12-10-17)22-15-20(24)23-16-21(13-14-21)18-7-4-3-5-8-18/h3-5,7-12,22H,2,6,13-16H2,1H3,(H,23,24). The smallest absolute Gasteiger partial charge is 0.239 e. The highest BCUT2D eigenvalue weighted by Gasteiger charge is 2.44. The number of rotatable bonds is 8. The molecule has 2 aromatic carbocycles. The van der Waals surface area contributed by atoms with Crippen LogP contribution in [0.15, 0.2) is 54.6 Å². The van der Waals surface area contributed by atoms with Gasteiger partial charge in [-0.25, -0.2) is 0 Å². The largest absolute Gasteiger partial charge is 0.376 e. The van der Waals surface area contributed by atoms with Crippen LogP contribution in [0.4, 0.5) is 5.69 Å². The van der Waals surface area contributed by atoms with E-state index in [0.29, 0.717) is 6.54 Å². The van der Waals surface area contributed by atoms with Gasteiger partial charge in [-0.1, -0.05) is 55.8 Å². The van der Waals surface area contributed by atoms with E-state index in [4.69, 9.17) is 0 Å². The van der Waals surface area contributed by atoms with Crippen LogP contribution in [0.1, 0.15) is 37.3 Å². The molecule has 1 saturated carbocycles. The van der Waals surface area contributed by atoms with Crippen molar-refractivity contribution < 1.29 is 4.79 Å². The van der Waals surface area contributed by atoms with E-state index in [1.54, 1.807) is 0 Å².